The molecule has 0 unspecified atom stereocenters. The van der Waals surface area contributed by atoms with Crippen LogP contribution in [0.4, 0.5) is 0 Å². The number of hydrogen-bond donors (Lipinski definition) is 0. The number of hydrogen-bond acceptors (Lipinski definition) is 0. The second-order valence-corrected chi connectivity index (χ2v) is 37.1. The SMILES string of the molecule is CC1(C)c2ccccc2-c2c1cc1ccccc1c2-n1c2cccc3c2c2c4c(cccc4ccc21)-c1ccccc1-3.CC1(C)c2ccccc2-c2ccc(-c3cccc(-n4c5cccc6c5c5c7c(cccc7ccc54)-c4ccccc4-6)c3)cc21.c1ccc(-c2ccc(-n3c4cccc5c6ccccc6n6c7ccccc7c7ccc3c(c54)c76)c(-c3ccccc3)c2)cc1. The van der Waals surface area contributed by atoms with Crippen LogP contribution in [0, 0.1) is 0 Å². The molecule has 0 N–H and O–H groups in total. The van der Waals surface area contributed by atoms with Gasteiger partial charge in [-0.05, 0) is 229 Å². The summed E-state index contributed by atoms with van der Waals surface area (Å²) in [4.78, 5) is 0. The number of rotatable bonds is 6. The highest BCUT2D eigenvalue weighted by Crippen LogP contribution is 2.59. The summed E-state index contributed by atoms with van der Waals surface area (Å²) in [5.41, 5.74) is 43.7. The lowest BCUT2D eigenvalue weighted by Gasteiger charge is -2.23. The lowest BCUT2D eigenvalue weighted by atomic mass is 9.81. The molecule has 0 saturated carbocycles. The maximum atomic E-state index is 2.59. The van der Waals surface area contributed by atoms with Gasteiger partial charge in [-0.25, -0.2) is 0 Å². The van der Waals surface area contributed by atoms with Crippen molar-refractivity contribution in [3.05, 3.63) is 447 Å². The molecule has 0 bridgehead atoms. The minimum atomic E-state index is -0.0845. The Morgan fingerprint density at radius 3 is 1.25 bits per heavy atom. The predicted octanol–water partition coefficient (Wildman–Crippen LogP) is 33.9. The van der Waals surface area contributed by atoms with E-state index in [4.69, 9.17) is 0 Å². The van der Waals surface area contributed by atoms with Crippen LogP contribution in [0.5, 0.6) is 0 Å². The molecule has 0 fully saturated rings. The Balaban J connectivity index is 0.0000000981. The zero-order chi connectivity index (χ0) is 85.7. The summed E-state index contributed by atoms with van der Waals surface area (Å²) in [6, 6.07) is 158. The van der Waals surface area contributed by atoms with Crippen LogP contribution < -0.4 is 0 Å². The van der Waals surface area contributed by atoms with E-state index in [1.807, 2.05) is 0 Å². The fourth-order valence-corrected chi connectivity index (χ4v) is 24.2. The van der Waals surface area contributed by atoms with Crippen molar-refractivity contribution in [3.8, 4) is 117 Å². The molecule has 4 nitrogen and oxygen atoms in total. The first-order chi connectivity index (χ1) is 64.1. The highest BCUT2D eigenvalue weighted by molar-refractivity contribution is 6.35. The number of para-hydroxylation sites is 2. The minimum absolute atomic E-state index is 0.0222. The molecule has 0 spiro atoms. The number of nitrogens with zero attached hydrogens (tertiary/aromatic N) is 4. The molecular formula is C126H82N4. The molecule has 130 heavy (non-hydrogen) atoms. The van der Waals surface area contributed by atoms with Crippen LogP contribution in [-0.2, 0) is 10.8 Å². The molecule has 5 heterocycles. The van der Waals surface area contributed by atoms with Gasteiger partial charge in [0, 0.05) is 81.5 Å². The van der Waals surface area contributed by atoms with Gasteiger partial charge < -0.3 is 18.1 Å². The minimum Gasteiger partial charge on any atom is -0.309 e. The highest BCUT2D eigenvalue weighted by atomic mass is 15.0. The smallest absolute Gasteiger partial charge is 0.0641 e. The monoisotopic (exact) mass is 1650 g/mol. The maximum Gasteiger partial charge on any atom is 0.0641 e. The van der Waals surface area contributed by atoms with Crippen molar-refractivity contribution in [3.63, 3.8) is 0 Å². The Morgan fingerprint density at radius 1 is 0.185 bits per heavy atom. The van der Waals surface area contributed by atoms with Gasteiger partial charge in [0.05, 0.1) is 61.0 Å². The van der Waals surface area contributed by atoms with E-state index in [-0.39, 0.29) is 10.8 Å². The second-order valence-electron chi connectivity index (χ2n) is 37.1. The first kappa shape index (κ1) is 72.9. The number of aromatic nitrogens is 4. The van der Waals surface area contributed by atoms with Gasteiger partial charge in [-0.3, -0.25) is 0 Å². The van der Waals surface area contributed by atoms with Crippen molar-refractivity contribution in [1.29, 1.82) is 0 Å². The molecule has 0 saturated heterocycles. The van der Waals surface area contributed by atoms with Crippen LogP contribution in [0.1, 0.15) is 49.9 Å². The molecule has 606 valence electrons. The van der Waals surface area contributed by atoms with Gasteiger partial charge in [-0.1, -0.05) is 367 Å². The van der Waals surface area contributed by atoms with Crippen molar-refractivity contribution in [1.82, 2.24) is 18.1 Å². The molecular weight excluding hydrogens is 1570 g/mol. The average Bonchev–Trinajstić information content (AvgIpc) is 1.53. The van der Waals surface area contributed by atoms with Crippen molar-refractivity contribution in [2.24, 2.45) is 0 Å². The molecule has 4 aliphatic rings. The zero-order valence-corrected chi connectivity index (χ0v) is 72.2. The average molecular weight is 1650 g/mol. The molecule has 0 atom stereocenters. The molecule has 26 aromatic rings. The van der Waals surface area contributed by atoms with E-state index in [1.54, 1.807) is 0 Å². The Bertz CT molecular complexity index is 9420. The first-order valence-corrected chi connectivity index (χ1v) is 45.6. The Labute approximate surface area is 751 Å². The summed E-state index contributed by atoms with van der Waals surface area (Å²) < 4.78 is 10.1. The van der Waals surface area contributed by atoms with Crippen LogP contribution >= 0.6 is 0 Å². The van der Waals surface area contributed by atoms with Gasteiger partial charge in [0.15, 0.2) is 0 Å². The lowest BCUT2D eigenvalue weighted by molar-refractivity contribution is 0.660. The third-order valence-electron chi connectivity index (χ3n) is 29.9. The van der Waals surface area contributed by atoms with Gasteiger partial charge in [0.1, 0.15) is 0 Å². The lowest BCUT2D eigenvalue weighted by Crippen LogP contribution is -2.15. The van der Waals surface area contributed by atoms with Crippen molar-refractivity contribution in [2.45, 2.75) is 38.5 Å². The van der Waals surface area contributed by atoms with E-state index in [0.717, 1.165) is 0 Å². The number of fused-ring (bicyclic) bond motifs is 19. The van der Waals surface area contributed by atoms with E-state index in [0.29, 0.717) is 0 Å². The van der Waals surface area contributed by atoms with Crippen LogP contribution in [-0.4, -0.2) is 18.1 Å². The van der Waals surface area contributed by atoms with Gasteiger partial charge >= 0.3 is 0 Å². The van der Waals surface area contributed by atoms with E-state index in [2.05, 4.69) is 470 Å². The standard InChI is InChI=1S/C43H29N.C42H26N2.C41H27N/c1-43(2)36-18-6-5-15-32(36)33-22-20-28(25-37(33)43)27-11-7-12-29(24-27)44-38-19-9-17-35-31-14-4-3-13-30(31)34-16-8-10-26-21-23-39(44)42(40(26)34)41(35)38;1-3-12-27(13-4-1)29-22-24-37(34(26-29)28-14-5-2-6-15-28)43-38-21-11-18-32-30-16-7-9-19-35(30)44-36-20-10-8-17-31(36)33-23-25-39(43)41(40(32)38)42(33)44;1-41(2)32-19-8-7-16-31(32)37-33(41)23-25-11-3-4-13-26(25)40(37)42-34-20-10-18-30-28-15-6-5-14-27(28)29-17-9-12-24-21-22-35(42)39(36(24)29)38(30)34/h3-25H,1-2H3;1-26H;3-23H,1-2H3. The second kappa shape index (κ2) is 27.1. The molecule has 5 aromatic heterocycles. The molecule has 0 amide bonds. The van der Waals surface area contributed by atoms with Crippen molar-refractivity contribution < 1.29 is 0 Å². The van der Waals surface area contributed by atoms with Crippen LogP contribution in [0.2, 0.25) is 0 Å². The molecule has 0 aliphatic heterocycles. The molecule has 0 radical (unpaired) electrons. The number of benzene rings is 21. The Morgan fingerprint density at radius 2 is 0.600 bits per heavy atom. The van der Waals surface area contributed by atoms with E-state index in [1.165, 1.54) is 275 Å². The Hall–Kier alpha value is -16.4. The van der Waals surface area contributed by atoms with E-state index >= 15 is 0 Å². The fraction of sp³-hybridized carbons (Fsp3) is 0.0476. The molecule has 4 aliphatic carbocycles. The first-order valence-electron chi connectivity index (χ1n) is 45.6. The summed E-state index contributed by atoms with van der Waals surface area (Å²) in [6.45, 7) is 9.48. The maximum absolute atomic E-state index is 2.59. The largest absolute Gasteiger partial charge is 0.309 e. The van der Waals surface area contributed by atoms with Crippen LogP contribution in [0.3, 0.4) is 0 Å². The third kappa shape index (κ3) is 9.99. The van der Waals surface area contributed by atoms with Crippen LogP contribution in [0.25, 0.3) is 253 Å². The molecule has 21 aromatic carbocycles. The summed E-state index contributed by atoms with van der Waals surface area (Å²) in [5, 5.41) is 21.0. The zero-order valence-electron chi connectivity index (χ0n) is 72.2. The molecule has 4 heteroatoms. The van der Waals surface area contributed by atoms with E-state index in [9.17, 15) is 0 Å². The summed E-state index contributed by atoms with van der Waals surface area (Å²) in [7, 11) is 0. The summed E-state index contributed by atoms with van der Waals surface area (Å²) in [6.07, 6.45) is 0. The van der Waals surface area contributed by atoms with E-state index < -0.39 is 0 Å². The van der Waals surface area contributed by atoms with Crippen molar-refractivity contribution in [2.75, 3.05) is 0 Å². The van der Waals surface area contributed by atoms with Gasteiger partial charge in [-0.2, -0.15) is 0 Å². The van der Waals surface area contributed by atoms with Gasteiger partial charge in [0.2, 0.25) is 0 Å². The topological polar surface area (TPSA) is 19.2 Å². The Kier molecular flexibility index (Phi) is 15.2. The normalized spacial score (nSPS) is 13.4. The van der Waals surface area contributed by atoms with Gasteiger partial charge in [0.25, 0.3) is 0 Å². The third-order valence-corrected chi connectivity index (χ3v) is 29.9. The van der Waals surface area contributed by atoms with Gasteiger partial charge in [-0.15, -0.1) is 0 Å². The molecule has 30 rings (SSSR count). The van der Waals surface area contributed by atoms with Crippen molar-refractivity contribution >= 4 is 136 Å². The summed E-state index contributed by atoms with van der Waals surface area (Å²) in [5.74, 6) is 0. The van der Waals surface area contributed by atoms with Crippen LogP contribution in [0.15, 0.2) is 425 Å². The quantitative estimate of drug-likeness (QED) is 0.158. The fourth-order valence-electron chi connectivity index (χ4n) is 24.2. The predicted molar refractivity (Wildman–Crippen MR) is 550 cm³/mol. The summed E-state index contributed by atoms with van der Waals surface area (Å²) >= 11 is 0. The highest BCUT2D eigenvalue weighted by Gasteiger charge is 2.40.